The van der Waals surface area contributed by atoms with Gasteiger partial charge in [0.1, 0.15) is 17.0 Å². The number of nitrogen functional groups attached to an aromatic ring is 1. The maximum absolute atomic E-state index is 13.6. The normalized spacial score (nSPS) is 12.0. The minimum atomic E-state index is -4.75. The van der Waals surface area contributed by atoms with Gasteiger partial charge in [-0.2, -0.15) is 18.2 Å². The molecule has 2 heterocycles. The van der Waals surface area contributed by atoms with Gasteiger partial charge in [0.05, 0.1) is 11.9 Å². The van der Waals surface area contributed by atoms with Crippen molar-refractivity contribution in [2.75, 3.05) is 5.73 Å². The first-order chi connectivity index (χ1) is 9.86. The second-order valence-electron chi connectivity index (χ2n) is 4.22. The summed E-state index contributed by atoms with van der Waals surface area (Å²) >= 11 is 0. The van der Waals surface area contributed by atoms with Crippen LogP contribution < -0.4 is 5.73 Å². The molecule has 3 rings (SSSR count). The van der Waals surface area contributed by atoms with Gasteiger partial charge in [-0.3, -0.25) is 0 Å². The van der Waals surface area contributed by atoms with E-state index in [9.17, 15) is 17.6 Å². The SMILES string of the molecule is Nc1nc(-c2ccc(C(F)(F)F)c(F)c2)c2[nH]cnc2n1. The number of alkyl halides is 3. The zero-order chi connectivity index (χ0) is 15.2. The lowest BCUT2D eigenvalue weighted by atomic mass is 10.1. The third-order valence-electron chi connectivity index (χ3n) is 2.85. The predicted octanol–water partition coefficient (Wildman–Crippen LogP) is 2.76. The summed E-state index contributed by atoms with van der Waals surface area (Å²) in [7, 11) is 0. The molecule has 108 valence electrons. The molecule has 0 saturated heterocycles. The first kappa shape index (κ1) is 13.3. The predicted molar refractivity (Wildman–Crippen MR) is 66.5 cm³/mol. The number of rotatable bonds is 1. The van der Waals surface area contributed by atoms with Crippen LogP contribution in [-0.4, -0.2) is 19.9 Å². The Bertz CT molecular complexity index is 824. The Morgan fingerprint density at radius 3 is 2.57 bits per heavy atom. The number of imidazole rings is 1. The fraction of sp³-hybridized carbons (Fsp3) is 0.0833. The van der Waals surface area contributed by atoms with Crippen LogP contribution in [-0.2, 0) is 6.18 Å². The minimum absolute atomic E-state index is 0.107. The van der Waals surface area contributed by atoms with Crippen molar-refractivity contribution in [3.8, 4) is 11.3 Å². The molecule has 2 aromatic heterocycles. The van der Waals surface area contributed by atoms with Gasteiger partial charge in [-0.05, 0) is 12.1 Å². The molecule has 0 bridgehead atoms. The highest BCUT2D eigenvalue weighted by Crippen LogP contribution is 2.34. The van der Waals surface area contributed by atoms with Crippen LogP contribution in [0.4, 0.5) is 23.5 Å². The van der Waals surface area contributed by atoms with Crippen molar-refractivity contribution < 1.29 is 17.6 Å². The Balaban J connectivity index is 2.20. The second kappa shape index (κ2) is 4.40. The molecule has 0 unspecified atom stereocenters. The molecule has 0 atom stereocenters. The van der Waals surface area contributed by atoms with Crippen LogP contribution in [0.3, 0.4) is 0 Å². The molecule has 3 aromatic rings. The lowest BCUT2D eigenvalue weighted by Crippen LogP contribution is -2.08. The molecule has 0 fully saturated rings. The average molecular weight is 297 g/mol. The molecule has 0 aliphatic carbocycles. The monoisotopic (exact) mass is 297 g/mol. The summed E-state index contributed by atoms with van der Waals surface area (Å²) in [6.45, 7) is 0. The number of fused-ring (bicyclic) bond motifs is 1. The summed E-state index contributed by atoms with van der Waals surface area (Å²) < 4.78 is 51.3. The van der Waals surface area contributed by atoms with E-state index in [1.54, 1.807) is 0 Å². The molecule has 5 nitrogen and oxygen atoms in total. The van der Waals surface area contributed by atoms with E-state index in [4.69, 9.17) is 5.73 Å². The molecular weight excluding hydrogens is 290 g/mol. The molecule has 0 radical (unpaired) electrons. The summed E-state index contributed by atoms with van der Waals surface area (Å²) in [6.07, 6.45) is -3.42. The molecule has 0 spiro atoms. The molecule has 0 aliphatic rings. The number of H-pyrrole nitrogens is 1. The molecule has 21 heavy (non-hydrogen) atoms. The van der Waals surface area contributed by atoms with Gasteiger partial charge in [-0.1, -0.05) is 6.07 Å². The number of nitrogens with one attached hydrogen (secondary N) is 1. The van der Waals surface area contributed by atoms with Crippen LogP contribution in [0.5, 0.6) is 0 Å². The number of aromatic nitrogens is 4. The quantitative estimate of drug-likeness (QED) is 0.677. The number of anilines is 1. The first-order valence-electron chi connectivity index (χ1n) is 5.70. The van der Waals surface area contributed by atoms with Gasteiger partial charge in [0.25, 0.3) is 0 Å². The smallest absolute Gasteiger partial charge is 0.368 e. The van der Waals surface area contributed by atoms with Crippen molar-refractivity contribution in [2.24, 2.45) is 0 Å². The lowest BCUT2D eigenvalue weighted by Gasteiger charge is -2.09. The molecule has 9 heteroatoms. The first-order valence-corrected chi connectivity index (χ1v) is 5.70. The minimum Gasteiger partial charge on any atom is -0.368 e. The maximum Gasteiger partial charge on any atom is 0.419 e. The summed E-state index contributed by atoms with van der Waals surface area (Å²) in [5.41, 5.74) is 5.11. The summed E-state index contributed by atoms with van der Waals surface area (Å²) in [4.78, 5) is 14.4. The molecule has 0 amide bonds. The fourth-order valence-corrected chi connectivity index (χ4v) is 1.95. The summed E-state index contributed by atoms with van der Waals surface area (Å²) in [5.74, 6) is -1.49. The number of hydrogen-bond acceptors (Lipinski definition) is 4. The number of aromatic amines is 1. The molecule has 0 aliphatic heterocycles. The van der Waals surface area contributed by atoms with Crippen LogP contribution in [0.2, 0.25) is 0 Å². The van der Waals surface area contributed by atoms with Gasteiger partial charge in [-0.25, -0.2) is 14.4 Å². The Kier molecular flexibility index (Phi) is 2.78. The second-order valence-corrected chi connectivity index (χ2v) is 4.22. The van der Waals surface area contributed by atoms with Crippen molar-refractivity contribution in [2.45, 2.75) is 6.18 Å². The highest BCUT2D eigenvalue weighted by atomic mass is 19.4. The number of halogens is 4. The van der Waals surface area contributed by atoms with Gasteiger partial charge >= 0.3 is 6.18 Å². The van der Waals surface area contributed by atoms with Crippen molar-refractivity contribution in [1.29, 1.82) is 0 Å². The average Bonchev–Trinajstić information content (AvgIpc) is 2.83. The molecule has 3 N–H and O–H groups in total. The summed E-state index contributed by atoms with van der Waals surface area (Å²) in [5, 5.41) is 0. The van der Waals surface area contributed by atoms with Crippen molar-refractivity contribution in [1.82, 2.24) is 19.9 Å². The number of nitrogens with two attached hydrogens (primary N) is 1. The van der Waals surface area contributed by atoms with E-state index in [-0.39, 0.29) is 22.9 Å². The Morgan fingerprint density at radius 2 is 1.90 bits per heavy atom. The molecular formula is C12H7F4N5. The Labute approximate surface area is 114 Å². The van der Waals surface area contributed by atoms with E-state index in [0.29, 0.717) is 11.6 Å². The molecule has 0 saturated carbocycles. The lowest BCUT2D eigenvalue weighted by molar-refractivity contribution is -0.139. The maximum atomic E-state index is 13.6. The van der Waals surface area contributed by atoms with Crippen LogP contribution in [0.25, 0.3) is 22.4 Å². The number of benzene rings is 1. The third-order valence-corrected chi connectivity index (χ3v) is 2.85. The van der Waals surface area contributed by atoms with Gasteiger partial charge in [0.15, 0.2) is 5.65 Å². The Morgan fingerprint density at radius 1 is 1.14 bits per heavy atom. The fourth-order valence-electron chi connectivity index (χ4n) is 1.95. The van der Waals surface area contributed by atoms with Gasteiger partial charge in [0, 0.05) is 5.56 Å². The van der Waals surface area contributed by atoms with Crippen molar-refractivity contribution in [3.05, 3.63) is 35.9 Å². The van der Waals surface area contributed by atoms with Gasteiger partial charge < -0.3 is 10.7 Å². The number of hydrogen-bond donors (Lipinski definition) is 2. The highest BCUT2D eigenvalue weighted by molar-refractivity contribution is 5.87. The molecule has 1 aromatic carbocycles. The van der Waals surface area contributed by atoms with E-state index in [2.05, 4.69) is 19.9 Å². The zero-order valence-electron chi connectivity index (χ0n) is 10.2. The van der Waals surface area contributed by atoms with E-state index < -0.39 is 17.6 Å². The van der Waals surface area contributed by atoms with Gasteiger partial charge in [0.2, 0.25) is 5.95 Å². The standard InChI is InChI=1S/C12H7F4N5/c13-7-3-5(1-2-6(7)12(14,15)16)8-9-10(19-4-18-9)21-11(17)20-8/h1-4H,(H3,17,18,19,20,21). The largest absolute Gasteiger partial charge is 0.419 e. The van der Waals surface area contributed by atoms with E-state index in [0.717, 1.165) is 12.1 Å². The van der Waals surface area contributed by atoms with Crippen molar-refractivity contribution >= 4 is 17.1 Å². The third kappa shape index (κ3) is 2.26. The van der Waals surface area contributed by atoms with E-state index in [1.165, 1.54) is 6.33 Å². The van der Waals surface area contributed by atoms with Crippen LogP contribution >= 0.6 is 0 Å². The highest BCUT2D eigenvalue weighted by Gasteiger charge is 2.34. The van der Waals surface area contributed by atoms with E-state index in [1.807, 2.05) is 0 Å². The number of nitrogens with zero attached hydrogens (tertiary/aromatic N) is 3. The van der Waals surface area contributed by atoms with Crippen LogP contribution in [0, 0.1) is 5.82 Å². The van der Waals surface area contributed by atoms with Crippen LogP contribution in [0.1, 0.15) is 5.56 Å². The van der Waals surface area contributed by atoms with Crippen molar-refractivity contribution in [3.63, 3.8) is 0 Å². The van der Waals surface area contributed by atoms with Gasteiger partial charge in [-0.15, -0.1) is 0 Å². The van der Waals surface area contributed by atoms with E-state index >= 15 is 0 Å². The topological polar surface area (TPSA) is 80.5 Å². The van der Waals surface area contributed by atoms with Crippen LogP contribution in [0.15, 0.2) is 24.5 Å². The summed E-state index contributed by atoms with van der Waals surface area (Å²) in [6, 6.07) is 2.53. The zero-order valence-corrected chi connectivity index (χ0v) is 10.2. The Hall–Kier alpha value is -2.71.